The van der Waals surface area contributed by atoms with Gasteiger partial charge in [-0.1, -0.05) is 35.0 Å². The molecule has 0 aliphatic carbocycles. The number of amides is 1. The first-order chi connectivity index (χ1) is 13.7. The fraction of sp³-hybridized carbons (Fsp3) is 0.381. The van der Waals surface area contributed by atoms with Gasteiger partial charge in [-0.3, -0.25) is 9.69 Å². The van der Waals surface area contributed by atoms with Crippen molar-refractivity contribution in [3.63, 3.8) is 0 Å². The molecular weight excluding hydrogens is 354 g/mol. The molecule has 1 aliphatic rings. The molecule has 2 aromatic carbocycles. The standard InChI is InChI=1S/C21H25N5O2/c1-16-3-2-4-17(13-16)15-22-21(27)18-5-6-20-19(14-18)23-24-26(20)8-7-25-9-11-28-12-10-25/h2-6,13-14H,7-12,15H2,1H3,(H,22,27). The van der Waals surface area contributed by atoms with Crippen LogP contribution in [0.2, 0.25) is 0 Å². The molecule has 1 aliphatic heterocycles. The van der Waals surface area contributed by atoms with E-state index in [0.717, 1.165) is 56.0 Å². The van der Waals surface area contributed by atoms with Gasteiger partial charge in [0.25, 0.3) is 5.91 Å². The lowest BCUT2D eigenvalue weighted by Gasteiger charge is -2.26. The predicted octanol–water partition coefficient (Wildman–Crippen LogP) is 2.00. The highest BCUT2D eigenvalue weighted by molar-refractivity contribution is 5.97. The highest BCUT2D eigenvalue weighted by atomic mass is 16.5. The minimum atomic E-state index is -0.105. The van der Waals surface area contributed by atoms with Crippen molar-refractivity contribution < 1.29 is 9.53 Å². The molecule has 0 radical (unpaired) electrons. The van der Waals surface area contributed by atoms with Crippen molar-refractivity contribution in [1.82, 2.24) is 25.2 Å². The molecule has 1 saturated heterocycles. The Morgan fingerprint density at radius 1 is 1.14 bits per heavy atom. The highest BCUT2D eigenvalue weighted by Gasteiger charge is 2.13. The van der Waals surface area contributed by atoms with E-state index in [1.807, 2.05) is 41.9 Å². The number of nitrogens with zero attached hydrogens (tertiary/aromatic N) is 4. The first-order valence-electron chi connectivity index (χ1n) is 9.66. The van der Waals surface area contributed by atoms with Crippen molar-refractivity contribution in [2.75, 3.05) is 32.8 Å². The van der Waals surface area contributed by atoms with Crippen LogP contribution < -0.4 is 5.32 Å². The second kappa shape index (κ2) is 8.50. The van der Waals surface area contributed by atoms with E-state index >= 15 is 0 Å². The summed E-state index contributed by atoms with van der Waals surface area (Å²) in [6.45, 7) is 7.73. The molecule has 1 amide bonds. The van der Waals surface area contributed by atoms with Crippen LogP contribution >= 0.6 is 0 Å². The molecule has 0 spiro atoms. The first kappa shape index (κ1) is 18.6. The van der Waals surface area contributed by atoms with E-state index in [1.165, 1.54) is 5.56 Å². The van der Waals surface area contributed by atoms with Gasteiger partial charge in [0, 0.05) is 31.7 Å². The third-order valence-corrected chi connectivity index (χ3v) is 5.04. The molecule has 2 heterocycles. The Morgan fingerprint density at radius 2 is 2.00 bits per heavy atom. The molecule has 1 fully saturated rings. The lowest BCUT2D eigenvalue weighted by Crippen LogP contribution is -2.38. The van der Waals surface area contributed by atoms with Gasteiger partial charge in [0.05, 0.1) is 25.3 Å². The number of fused-ring (bicyclic) bond motifs is 1. The number of morpholine rings is 1. The summed E-state index contributed by atoms with van der Waals surface area (Å²) in [6, 6.07) is 13.7. The summed E-state index contributed by atoms with van der Waals surface area (Å²) in [6.07, 6.45) is 0. The predicted molar refractivity (Wildman–Crippen MR) is 107 cm³/mol. The molecular formula is C21H25N5O2. The quantitative estimate of drug-likeness (QED) is 0.709. The van der Waals surface area contributed by atoms with Crippen molar-refractivity contribution in [1.29, 1.82) is 0 Å². The van der Waals surface area contributed by atoms with Gasteiger partial charge < -0.3 is 10.1 Å². The van der Waals surface area contributed by atoms with Crippen molar-refractivity contribution in [3.8, 4) is 0 Å². The van der Waals surface area contributed by atoms with E-state index < -0.39 is 0 Å². The number of ether oxygens (including phenoxy) is 1. The van der Waals surface area contributed by atoms with Crippen molar-refractivity contribution in [2.45, 2.75) is 20.0 Å². The molecule has 0 bridgehead atoms. The number of carbonyl (C=O) groups is 1. The van der Waals surface area contributed by atoms with Crippen molar-refractivity contribution >= 4 is 16.9 Å². The number of hydrogen-bond donors (Lipinski definition) is 1. The number of aryl methyl sites for hydroxylation is 1. The Bertz CT molecular complexity index is 962. The smallest absolute Gasteiger partial charge is 0.251 e. The second-order valence-electron chi connectivity index (χ2n) is 7.14. The molecule has 28 heavy (non-hydrogen) atoms. The van der Waals surface area contributed by atoms with Crippen LogP contribution in [0.1, 0.15) is 21.5 Å². The van der Waals surface area contributed by atoms with Crippen LogP contribution in [0.15, 0.2) is 42.5 Å². The summed E-state index contributed by atoms with van der Waals surface area (Å²) < 4.78 is 7.28. The molecule has 0 unspecified atom stereocenters. The number of hydrogen-bond acceptors (Lipinski definition) is 5. The van der Waals surface area contributed by atoms with Gasteiger partial charge in [-0.25, -0.2) is 4.68 Å². The van der Waals surface area contributed by atoms with Gasteiger partial charge >= 0.3 is 0 Å². The van der Waals surface area contributed by atoms with Gasteiger partial charge in [-0.2, -0.15) is 0 Å². The average Bonchev–Trinajstić information content (AvgIpc) is 3.13. The Kier molecular flexibility index (Phi) is 5.64. The normalized spacial score (nSPS) is 15.0. The fourth-order valence-corrected chi connectivity index (χ4v) is 3.45. The van der Waals surface area contributed by atoms with Gasteiger partial charge in [0.15, 0.2) is 0 Å². The third kappa shape index (κ3) is 4.37. The number of aromatic nitrogens is 3. The highest BCUT2D eigenvalue weighted by Crippen LogP contribution is 2.14. The summed E-state index contributed by atoms with van der Waals surface area (Å²) >= 11 is 0. The Morgan fingerprint density at radius 3 is 2.82 bits per heavy atom. The summed E-state index contributed by atoms with van der Waals surface area (Å²) in [5.74, 6) is -0.105. The largest absolute Gasteiger partial charge is 0.379 e. The molecule has 7 nitrogen and oxygen atoms in total. The lowest BCUT2D eigenvalue weighted by molar-refractivity contribution is 0.0360. The van der Waals surface area contributed by atoms with Gasteiger partial charge in [0.2, 0.25) is 0 Å². The Labute approximate surface area is 164 Å². The molecule has 7 heteroatoms. The maximum absolute atomic E-state index is 12.5. The van der Waals surface area contributed by atoms with Crippen LogP contribution in [0, 0.1) is 6.92 Å². The monoisotopic (exact) mass is 379 g/mol. The summed E-state index contributed by atoms with van der Waals surface area (Å²) in [7, 11) is 0. The van der Waals surface area contributed by atoms with E-state index in [2.05, 4.69) is 26.6 Å². The van der Waals surface area contributed by atoms with E-state index in [1.54, 1.807) is 6.07 Å². The van der Waals surface area contributed by atoms with Crippen molar-refractivity contribution in [2.24, 2.45) is 0 Å². The van der Waals surface area contributed by atoms with Gasteiger partial charge in [0.1, 0.15) is 5.52 Å². The summed E-state index contributed by atoms with van der Waals surface area (Å²) in [5, 5.41) is 11.5. The summed E-state index contributed by atoms with van der Waals surface area (Å²) in [4.78, 5) is 14.9. The van der Waals surface area contributed by atoms with Crippen LogP contribution in [0.25, 0.3) is 11.0 Å². The minimum Gasteiger partial charge on any atom is -0.379 e. The van der Waals surface area contributed by atoms with Gasteiger partial charge in [-0.15, -0.1) is 5.10 Å². The maximum Gasteiger partial charge on any atom is 0.251 e. The third-order valence-electron chi connectivity index (χ3n) is 5.04. The molecule has 3 aromatic rings. The molecule has 1 N–H and O–H groups in total. The second-order valence-corrected chi connectivity index (χ2v) is 7.14. The molecule has 146 valence electrons. The molecule has 0 atom stereocenters. The average molecular weight is 379 g/mol. The van der Waals surface area contributed by atoms with Crippen LogP contribution in [0.3, 0.4) is 0 Å². The minimum absolute atomic E-state index is 0.105. The SMILES string of the molecule is Cc1cccc(CNC(=O)c2ccc3c(c2)nnn3CCN2CCOCC2)c1. The number of rotatable bonds is 6. The Hall–Kier alpha value is -2.77. The number of benzene rings is 2. The van der Waals surface area contributed by atoms with Crippen LogP contribution in [0.4, 0.5) is 0 Å². The van der Waals surface area contributed by atoms with Crippen molar-refractivity contribution in [3.05, 3.63) is 59.2 Å². The lowest BCUT2D eigenvalue weighted by atomic mass is 10.1. The van der Waals surface area contributed by atoms with E-state index in [0.29, 0.717) is 12.1 Å². The molecule has 4 rings (SSSR count). The topological polar surface area (TPSA) is 72.3 Å². The summed E-state index contributed by atoms with van der Waals surface area (Å²) in [5.41, 5.74) is 4.56. The van der Waals surface area contributed by atoms with E-state index in [-0.39, 0.29) is 5.91 Å². The van der Waals surface area contributed by atoms with Crippen LogP contribution in [-0.2, 0) is 17.8 Å². The number of nitrogens with one attached hydrogen (secondary N) is 1. The van der Waals surface area contributed by atoms with Crippen LogP contribution in [-0.4, -0.2) is 58.6 Å². The Balaban J connectivity index is 1.39. The maximum atomic E-state index is 12.5. The fourth-order valence-electron chi connectivity index (χ4n) is 3.45. The van der Waals surface area contributed by atoms with E-state index in [9.17, 15) is 4.79 Å². The van der Waals surface area contributed by atoms with Crippen LogP contribution in [0.5, 0.6) is 0 Å². The zero-order valence-electron chi connectivity index (χ0n) is 16.1. The first-order valence-corrected chi connectivity index (χ1v) is 9.66. The molecule has 1 aromatic heterocycles. The number of carbonyl (C=O) groups excluding carboxylic acids is 1. The van der Waals surface area contributed by atoms with E-state index in [4.69, 9.17) is 4.74 Å². The van der Waals surface area contributed by atoms with Gasteiger partial charge in [-0.05, 0) is 30.7 Å². The zero-order valence-corrected chi connectivity index (χ0v) is 16.1. The zero-order chi connectivity index (χ0) is 19.3. The molecule has 0 saturated carbocycles.